The van der Waals surface area contributed by atoms with Crippen LogP contribution in [0.4, 0.5) is 0 Å². The van der Waals surface area contributed by atoms with Crippen molar-refractivity contribution in [3.8, 4) is 0 Å². The first kappa shape index (κ1) is 11.9. The van der Waals surface area contributed by atoms with Gasteiger partial charge >= 0.3 is 0 Å². The minimum absolute atomic E-state index is 0.392. The van der Waals surface area contributed by atoms with E-state index in [-0.39, 0.29) is 0 Å². The highest BCUT2D eigenvalue weighted by Crippen LogP contribution is 2.20. The third-order valence-electron chi connectivity index (χ3n) is 2.98. The van der Waals surface area contributed by atoms with Crippen LogP contribution < -0.4 is 5.32 Å². The molecule has 1 atom stereocenters. The van der Waals surface area contributed by atoms with Crippen LogP contribution in [0.3, 0.4) is 0 Å². The summed E-state index contributed by atoms with van der Waals surface area (Å²) in [7, 11) is 0. The molecule has 0 spiro atoms. The van der Waals surface area contributed by atoms with Gasteiger partial charge in [0.05, 0.1) is 6.10 Å². The van der Waals surface area contributed by atoms with Crippen LogP contribution in [0, 0.1) is 6.92 Å². The lowest BCUT2D eigenvalue weighted by Crippen LogP contribution is -2.25. The number of benzene rings is 1. The number of rotatable bonds is 4. The number of halogens is 1. The quantitative estimate of drug-likeness (QED) is 0.873. The average molecular weight is 240 g/mol. The van der Waals surface area contributed by atoms with E-state index in [0.717, 1.165) is 30.3 Å². The monoisotopic (exact) mass is 239 g/mol. The fourth-order valence-corrected chi connectivity index (χ4v) is 2.21. The van der Waals surface area contributed by atoms with Crippen molar-refractivity contribution in [3.05, 3.63) is 34.3 Å². The van der Waals surface area contributed by atoms with Crippen LogP contribution in [0.1, 0.15) is 24.0 Å². The highest BCUT2D eigenvalue weighted by atomic mass is 35.5. The van der Waals surface area contributed by atoms with Gasteiger partial charge in [-0.25, -0.2) is 0 Å². The molecule has 1 aromatic rings. The summed E-state index contributed by atoms with van der Waals surface area (Å²) in [5.41, 5.74) is 2.30. The first-order valence-electron chi connectivity index (χ1n) is 5.83. The first-order valence-corrected chi connectivity index (χ1v) is 6.21. The molecule has 1 aliphatic rings. The summed E-state index contributed by atoms with van der Waals surface area (Å²) in [5.74, 6) is 0. The molecule has 1 heterocycles. The Morgan fingerprint density at radius 1 is 1.50 bits per heavy atom. The Morgan fingerprint density at radius 3 is 3.12 bits per heavy atom. The lowest BCUT2D eigenvalue weighted by molar-refractivity contribution is 0.110. The average Bonchev–Trinajstić information content (AvgIpc) is 2.77. The summed E-state index contributed by atoms with van der Waals surface area (Å²) in [4.78, 5) is 0. The molecule has 0 aliphatic carbocycles. The number of nitrogens with one attached hydrogen (secondary N) is 1. The molecular formula is C13H18ClNO. The van der Waals surface area contributed by atoms with Gasteiger partial charge in [-0.15, -0.1) is 0 Å². The van der Waals surface area contributed by atoms with Gasteiger partial charge in [-0.1, -0.05) is 29.8 Å². The van der Waals surface area contributed by atoms with Crippen molar-refractivity contribution in [2.24, 2.45) is 0 Å². The zero-order chi connectivity index (χ0) is 11.4. The smallest absolute Gasteiger partial charge is 0.0700 e. The molecule has 1 fully saturated rings. The minimum Gasteiger partial charge on any atom is -0.377 e. The lowest BCUT2D eigenvalue weighted by Gasteiger charge is -2.12. The lowest BCUT2D eigenvalue weighted by atomic mass is 10.1. The molecule has 1 aliphatic heterocycles. The molecule has 88 valence electrons. The third-order valence-corrected chi connectivity index (χ3v) is 3.52. The predicted octanol–water partition coefficient (Wildman–Crippen LogP) is 2.92. The van der Waals surface area contributed by atoms with E-state index in [1.54, 1.807) is 0 Å². The fourth-order valence-electron chi connectivity index (χ4n) is 2.02. The maximum atomic E-state index is 6.22. The summed E-state index contributed by atoms with van der Waals surface area (Å²) >= 11 is 6.22. The molecule has 1 unspecified atom stereocenters. The highest BCUT2D eigenvalue weighted by molar-refractivity contribution is 6.32. The maximum absolute atomic E-state index is 6.22. The largest absolute Gasteiger partial charge is 0.377 e. The molecule has 1 N–H and O–H groups in total. The van der Waals surface area contributed by atoms with Crippen LogP contribution in [-0.4, -0.2) is 19.3 Å². The van der Waals surface area contributed by atoms with E-state index in [1.807, 2.05) is 19.1 Å². The van der Waals surface area contributed by atoms with Crippen molar-refractivity contribution in [2.75, 3.05) is 13.2 Å². The Labute approximate surface area is 102 Å². The Kier molecular flexibility index (Phi) is 4.22. The Morgan fingerprint density at radius 2 is 2.38 bits per heavy atom. The van der Waals surface area contributed by atoms with E-state index in [1.165, 1.54) is 18.4 Å². The molecule has 0 saturated carbocycles. The molecule has 2 nitrogen and oxygen atoms in total. The SMILES string of the molecule is Cc1cccc(CNCC2CCCO2)c1Cl. The van der Waals surface area contributed by atoms with Gasteiger partial charge in [-0.3, -0.25) is 0 Å². The van der Waals surface area contributed by atoms with Crippen LogP contribution in [0.25, 0.3) is 0 Å². The highest BCUT2D eigenvalue weighted by Gasteiger charge is 2.14. The first-order chi connectivity index (χ1) is 7.77. The second-order valence-corrected chi connectivity index (χ2v) is 4.69. The molecule has 16 heavy (non-hydrogen) atoms. The van der Waals surface area contributed by atoms with E-state index >= 15 is 0 Å². The minimum atomic E-state index is 0.392. The van der Waals surface area contributed by atoms with E-state index in [0.29, 0.717) is 6.10 Å². The van der Waals surface area contributed by atoms with Gasteiger partial charge < -0.3 is 10.1 Å². The molecule has 0 radical (unpaired) electrons. The van der Waals surface area contributed by atoms with Gasteiger partial charge in [0.15, 0.2) is 0 Å². The predicted molar refractivity (Wildman–Crippen MR) is 66.9 cm³/mol. The van der Waals surface area contributed by atoms with Crippen LogP contribution in [0.2, 0.25) is 5.02 Å². The molecule has 1 saturated heterocycles. The fraction of sp³-hybridized carbons (Fsp3) is 0.538. The van der Waals surface area contributed by atoms with Gasteiger partial charge in [0.2, 0.25) is 0 Å². The van der Waals surface area contributed by atoms with Crippen molar-refractivity contribution in [1.29, 1.82) is 0 Å². The van der Waals surface area contributed by atoms with E-state index in [4.69, 9.17) is 16.3 Å². The van der Waals surface area contributed by atoms with Crippen LogP contribution in [-0.2, 0) is 11.3 Å². The van der Waals surface area contributed by atoms with Crippen molar-refractivity contribution in [3.63, 3.8) is 0 Å². The van der Waals surface area contributed by atoms with Gasteiger partial charge in [0.25, 0.3) is 0 Å². The second kappa shape index (κ2) is 5.67. The summed E-state index contributed by atoms with van der Waals surface area (Å²) in [6.45, 7) is 4.69. The van der Waals surface area contributed by atoms with Crippen LogP contribution >= 0.6 is 11.6 Å². The molecule has 0 bridgehead atoms. The summed E-state index contributed by atoms with van der Waals surface area (Å²) in [6, 6.07) is 6.15. The number of hydrogen-bond donors (Lipinski definition) is 1. The van der Waals surface area contributed by atoms with Gasteiger partial charge in [-0.05, 0) is 30.9 Å². The van der Waals surface area contributed by atoms with E-state index in [9.17, 15) is 0 Å². The molecule has 0 amide bonds. The molecule has 0 aromatic heterocycles. The summed E-state index contributed by atoms with van der Waals surface area (Å²) in [5, 5.41) is 4.28. The topological polar surface area (TPSA) is 21.3 Å². The van der Waals surface area contributed by atoms with E-state index in [2.05, 4.69) is 11.4 Å². The number of ether oxygens (including phenoxy) is 1. The number of aryl methyl sites for hydroxylation is 1. The summed E-state index contributed by atoms with van der Waals surface area (Å²) in [6.07, 6.45) is 2.76. The van der Waals surface area contributed by atoms with Gasteiger partial charge in [0, 0.05) is 24.7 Å². The second-order valence-electron chi connectivity index (χ2n) is 4.31. The molecule has 1 aromatic carbocycles. The van der Waals surface area contributed by atoms with Crippen molar-refractivity contribution < 1.29 is 4.74 Å². The van der Waals surface area contributed by atoms with Crippen LogP contribution in [0.15, 0.2) is 18.2 Å². The normalized spacial score (nSPS) is 20.2. The Balaban J connectivity index is 1.82. The summed E-state index contributed by atoms with van der Waals surface area (Å²) < 4.78 is 5.55. The zero-order valence-electron chi connectivity index (χ0n) is 9.63. The molecule has 3 heteroatoms. The Bertz CT molecular complexity index is 348. The Hall–Kier alpha value is -0.570. The molecule has 2 rings (SSSR count). The van der Waals surface area contributed by atoms with Crippen molar-refractivity contribution in [2.45, 2.75) is 32.4 Å². The van der Waals surface area contributed by atoms with Gasteiger partial charge in [0.1, 0.15) is 0 Å². The van der Waals surface area contributed by atoms with Crippen molar-refractivity contribution in [1.82, 2.24) is 5.32 Å². The van der Waals surface area contributed by atoms with Crippen LogP contribution in [0.5, 0.6) is 0 Å². The van der Waals surface area contributed by atoms with Gasteiger partial charge in [-0.2, -0.15) is 0 Å². The number of hydrogen-bond acceptors (Lipinski definition) is 2. The van der Waals surface area contributed by atoms with E-state index < -0.39 is 0 Å². The third kappa shape index (κ3) is 2.97. The molecular weight excluding hydrogens is 222 g/mol. The maximum Gasteiger partial charge on any atom is 0.0700 e. The van der Waals surface area contributed by atoms with Crippen molar-refractivity contribution >= 4 is 11.6 Å². The standard InChI is InChI=1S/C13H18ClNO/c1-10-4-2-5-11(13(10)14)8-15-9-12-6-3-7-16-12/h2,4-5,12,15H,3,6-9H2,1H3. The zero-order valence-corrected chi connectivity index (χ0v) is 10.4.